The Morgan fingerprint density at radius 1 is 0.968 bits per heavy atom. The molecule has 0 N–H and O–H groups in total. The van der Waals surface area contributed by atoms with Crippen molar-refractivity contribution in [3.8, 4) is 5.69 Å². The molecule has 0 aliphatic heterocycles. The van der Waals surface area contributed by atoms with Crippen LogP contribution in [0.15, 0.2) is 60.7 Å². The number of hydrogen-bond acceptors (Lipinski definition) is 4. The fourth-order valence-electron chi connectivity index (χ4n) is 3.53. The van der Waals surface area contributed by atoms with Crippen LogP contribution in [0.4, 0.5) is 0 Å². The first-order chi connectivity index (χ1) is 14.8. The van der Waals surface area contributed by atoms with Crippen LogP contribution in [0.3, 0.4) is 0 Å². The van der Waals surface area contributed by atoms with Crippen molar-refractivity contribution in [3.63, 3.8) is 0 Å². The van der Waals surface area contributed by atoms with Gasteiger partial charge >= 0.3 is 5.97 Å². The SMILES string of the molecule is Cc1cc(C(=O)COC(=O)c2ccc3ccccc3n2)c(C)n1-c1ccc(Cl)c(Cl)c1. The highest BCUT2D eigenvalue weighted by Gasteiger charge is 2.19. The van der Waals surface area contributed by atoms with E-state index >= 15 is 0 Å². The number of pyridine rings is 1. The molecule has 0 atom stereocenters. The summed E-state index contributed by atoms with van der Waals surface area (Å²) in [4.78, 5) is 29.5. The van der Waals surface area contributed by atoms with Gasteiger partial charge in [0, 0.05) is 28.0 Å². The van der Waals surface area contributed by atoms with Gasteiger partial charge in [-0.15, -0.1) is 0 Å². The quantitative estimate of drug-likeness (QED) is 0.275. The number of ketones is 1. The third-order valence-electron chi connectivity index (χ3n) is 5.03. The molecule has 0 unspecified atom stereocenters. The lowest BCUT2D eigenvalue weighted by molar-refractivity contribution is 0.0469. The van der Waals surface area contributed by atoms with Gasteiger partial charge in [0.25, 0.3) is 0 Å². The van der Waals surface area contributed by atoms with Crippen LogP contribution in [0, 0.1) is 13.8 Å². The third-order valence-corrected chi connectivity index (χ3v) is 5.77. The average Bonchev–Trinajstić information content (AvgIpc) is 3.07. The summed E-state index contributed by atoms with van der Waals surface area (Å²) in [5.41, 5.74) is 3.69. The maximum atomic E-state index is 12.8. The fraction of sp³-hybridized carbons (Fsp3) is 0.125. The largest absolute Gasteiger partial charge is 0.453 e. The number of halogens is 2. The Balaban J connectivity index is 1.52. The minimum Gasteiger partial charge on any atom is -0.453 e. The van der Waals surface area contributed by atoms with Crippen molar-refractivity contribution in [1.82, 2.24) is 9.55 Å². The molecule has 156 valence electrons. The number of Topliss-reactive ketones (excluding diaryl/α,β-unsaturated/α-hetero) is 1. The molecule has 0 amide bonds. The fourth-order valence-corrected chi connectivity index (χ4v) is 3.82. The van der Waals surface area contributed by atoms with Crippen LogP contribution < -0.4 is 0 Å². The van der Waals surface area contributed by atoms with Crippen LogP contribution in [0.1, 0.15) is 32.2 Å². The highest BCUT2D eigenvalue weighted by atomic mass is 35.5. The van der Waals surface area contributed by atoms with E-state index in [1.165, 1.54) is 0 Å². The van der Waals surface area contributed by atoms with E-state index in [4.69, 9.17) is 27.9 Å². The number of hydrogen-bond donors (Lipinski definition) is 0. The number of rotatable bonds is 5. The van der Waals surface area contributed by atoms with Crippen LogP contribution in [0.5, 0.6) is 0 Å². The van der Waals surface area contributed by atoms with Crippen LogP contribution >= 0.6 is 23.2 Å². The van der Waals surface area contributed by atoms with Gasteiger partial charge < -0.3 is 9.30 Å². The molecule has 0 aliphatic rings. The van der Waals surface area contributed by atoms with E-state index in [9.17, 15) is 9.59 Å². The van der Waals surface area contributed by atoms with Crippen LogP contribution in [0.25, 0.3) is 16.6 Å². The predicted molar refractivity (Wildman–Crippen MR) is 122 cm³/mol. The van der Waals surface area contributed by atoms with Crippen LogP contribution in [-0.2, 0) is 4.74 Å². The minimum atomic E-state index is -0.641. The van der Waals surface area contributed by atoms with Crippen molar-refractivity contribution in [1.29, 1.82) is 0 Å². The maximum absolute atomic E-state index is 12.8. The highest BCUT2D eigenvalue weighted by Crippen LogP contribution is 2.28. The molecule has 7 heteroatoms. The standard InChI is InChI=1S/C24H18Cl2N2O3/c1-14-11-18(15(2)28(14)17-8-9-19(25)20(26)12-17)23(29)13-31-24(30)22-10-7-16-5-3-4-6-21(16)27-22/h3-12H,13H2,1-2H3. The Hall–Kier alpha value is -3.15. The monoisotopic (exact) mass is 452 g/mol. The molecule has 0 aliphatic carbocycles. The van der Waals surface area contributed by atoms with E-state index in [-0.39, 0.29) is 18.1 Å². The molecule has 2 heterocycles. The van der Waals surface area contributed by atoms with Crippen molar-refractivity contribution in [2.45, 2.75) is 13.8 Å². The van der Waals surface area contributed by atoms with E-state index in [2.05, 4.69) is 4.98 Å². The molecule has 2 aromatic carbocycles. The van der Waals surface area contributed by atoms with E-state index < -0.39 is 5.97 Å². The van der Waals surface area contributed by atoms with Gasteiger partial charge in [0.05, 0.1) is 15.6 Å². The smallest absolute Gasteiger partial charge is 0.357 e. The molecule has 0 radical (unpaired) electrons. The van der Waals surface area contributed by atoms with Crippen molar-refractivity contribution in [2.75, 3.05) is 6.61 Å². The van der Waals surface area contributed by atoms with Gasteiger partial charge in [-0.3, -0.25) is 4.79 Å². The van der Waals surface area contributed by atoms with Crippen molar-refractivity contribution >= 4 is 45.9 Å². The Morgan fingerprint density at radius 3 is 2.52 bits per heavy atom. The lowest BCUT2D eigenvalue weighted by Gasteiger charge is -2.11. The van der Waals surface area contributed by atoms with Crippen LogP contribution in [-0.4, -0.2) is 27.9 Å². The molecule has 31 heavy (non-hydrogen) atoms. The molecule has 0 bridgehead atoms. The maximum Gasteiger partial charge on any atom is 0.357 e. The van der Waals surface area contributed by atoms with Crippen molar-refractivity contribution in [3.05, 3.63) is 93.4 Å². The number of para-hydroxylation sites is 1. The minimum absolute atomic E-state index is 0.160. The third kappa shape index (κ3) is 4.20. The first-order valence-electron chi connectivity index (χ1n) is 9.55. The molecule has 0 spiro atoms. The summed E-state index contributed by atoms with van der Waals surface area (Å²) in [7, 11) is 0. The van der Waals surface area contributed by atoms with Crippen molar-refractivity contribution < 1.29 is 14.3 Å². The first-order valence-corrected chi connectivity index (χ1v) is 10.3. The summed E-state index contributed by atoms with van der Waals surface area (Å²) in [6.07, 6.45) is 0. The summed E-state index contributed by atoms with van der Waals surface area (Å²) in [5.74, 6) is -0.939. The number of aromatic nitrogens is 2. The molecule has 0 saturated carbocycles. The first kappa shape index (κ1) is 21.1. The molecule has 0 fully saturated rings. The van der Waals surface area contributed by atoms with Gasteiger partial charge in [0.2, 0.25) is 5.78 Å². The number of aryl methyl sites for hydroxylation is 1. The van der Waals surface area contributed by atoms with Gasteiger partial charge in [0.1, 0.15) is 5.69 Å². The highest BCUT2D eigenvalue weighted by molar-refractivity contribution is 6.42. The lowest BCUT2D eigenvalue weighted by Crippen LogP contribution is -2.16. The number of benzene rings is 2. The second-order valence-electron chi connectivity index (χ2n) is 7.11. The van der Waals surface area contributed by atoms with E-state index in [0.29, 0.717) is 21.1 Å². The van der Waals surface area contributed by atoms with E-state index in [0.717, 1.165) is 22.5 Å². The van der Waals surface area contributed by atoms with Crippen molar-refractivity contribution in [2.24, 2.45) is 0 Å². The number of ether oxygens (including phenoxy) is 1. The number of esters is 1. The second kappa shape index (κ2) is 8.53. The molecule has 2 aromatic heterocycles. The summed E-state index contributed by atoms with van der Waals surface area (Å²) in [6.45, 7) is 3.34. The van der Waals surface area contributed by atoms with Gasteiger partial charge in [0.15, 0.2) is 6.61 Å². The van der Waals surface area contributed by atoms with E-state index in [1.807, 2.05) is 48.7 Å². The molecule has 4 aromatic rings. The summed E-state index contributed by atoms with van der Waals surface area (Å²) in [5, 5.41) is 1.81. The molecule has 0 saturated heterocycles. The second-order valence-corrected chi connectivity index (χ2v) is 7.92. The summed E-state index contributed by atoms with van der Waals surface area (Å²) >= 11 is 12.1. The Bertz CT molecular complexity index is 1330. The molecular weight excluding hydrogens is 435 g/mol. The van der Waals surface area contributed by atoms with Gasteiger partial charge in [-0.05, 0) is 50.2 Å². The number of carbonyl (C=O) groups is 2. The van der Waals surface area contributed by atoms with Gasteiger partial charge in [-0.2, -0.15) is 0 Å². The van der Waals surface area contributed by atoms with Crippen LogP contribution in [0.2, 0.25) is 10.0 Å². The van der Waals surface area contributed by atoms with Gasteiger partial charge in [-0.25, -0.2) is 9.78 Å². The average molecular weight is 453 g/mol. The number of fused-ring (bicyclic) bond motifs is 1. The summed E-state index contributed by atoms with van der Waals surface area (Å²) in [6, 6.07) is 17.9. The Kier molecular flexibility index (Phi) is 5.81. The predicted octanol–water partition coefficient (Wildman–Crippen LogP) is 5.99. The zero-order chi connectivity index (χ0) is 22.1. The zero-order valence-electron chi connectivity index (χ0n) is 16.9. The molecule has 5 nitrogen and oxygen atoms in total. The Morgan fingerprint density at radius 2 is 1.74 bits per heavy atom. The lowest BCUT2D eigenvalue weighted by atomic mass is 10.1. The van der Waals surface area contributed by atoms with Gasteiger partial charge in [-0.1, -0.05) is 47.5 Å². The summed E-state index contributed by atoms with van der Waals surface area (Å²) < 4.78 is 7.14. The zero-order valence-corrected chi connectivity index (χ0v) is 18.4. The topological polar surface area (TPSA) is 61.2 Å². The Labute approximate surface area is 189 Å². The van der Waals surface area contributed by atoms with E-state index in [1.54, 1.807) is 30.3 Å². The normalized spacial score (nSPS) is 11.0. The molecular formula is C24H18Cl2N2O3. The number of nitrogens with zero attached hydrogens (tertiary/aromatic N) is 2. The molecule has 4 rings (SSSR count). The number of carbonyl (C=O) groups excluding carboxylic acids is 2.